The van der Waals surface area contributed by atoms with Gasteiger partial charge in [-0.3, -0.25) is 24.4 Å². The molecule has 12 nitrogen and oxygen atoms in total. The van der Waals surface area contributed by atoms with Gasteiger partial charge < -0.3 is 24.8 Å². The predicted octanol–water partition coefficient (Wildman–Crippen LogP) is 2.57. The maximum absolute atomic E-state index is 13.8. The first kappa shape index (κ1) is 32.5. The Hall–Kier alpha value is -3.87. The van der Waals surface area contributed by atoms with Crippen LogP contribution in [-0.4, -0.2) is 82.8 Å². The number of nitrogens with zero attached hydrogens (tertiary/aromatic N) is 2. The zero-order valence-corrected chi connectivity index (χ0v) is 26.7. The number of hydrogen-bond donors (Lipinski definition) is 3. The van der Waals surface area contributed by atoms with E-state index in [9.17, 15) is 19.2 Å². The third-order valence-corrected chi connectivity index (χ3v) is 8.38. The molecule has 2 fully saturated rings. The summed E-state index contributed by atoms with van der Waals surface area (Å²) in [6.45, 7) is 11.0. The minimum atomic E-state index is -1.61. The van der Waals surface area contributed by atoms with Crippen LogP contribution in [0.3, 0.4) is 0 Å². The van der Waals surface area contributed by atoms with Crippen molar-refractivity contribution < 1.29 is 33.4 Å². The molecule has 2 aromatic rings. The molecule has 12 heteroatoms. The SMILES string of the molecule is CC(C)[C@@H]1OC(=O)[C@@]2(/C=C/c3ccc4ccc(nc4c3)[C@@H](C)NC(=O)[C@@H]3CCCN(N3)C(=O)[C@H](C)NC1=O)COC(C)(C)CO2. The highest BCUT2D eigenvalue weighted by atomic mass is 16.6. The number of pyridine rings is 1. The van der Waals surface area contributed by atoms with Gasteiger partial charge in [0.1, 0.15) is 12.1 Å². The summed E-state index contributed by atoms with van der Waals surface area (Å²) in [5.74, 6) is -2.46. The molecule has 5 bridgehead atoms. The van der Waals surface area contributed by atoms with Gasteiger partial charge in [-0.1, -0.05) is 38.1 Å². The maximum Gasteiger partial charge on any atom is 0.345 e. The fourth-order valence-electron chi connectivity index (χ4n) is 5.52. The molecule has 3 aliphatic heterocycles. The number of rotatable bonds is 1. The number of cyclic esters (lactones) is 1. The van der Waals surface area contributed by atoms with Crippen molar-refractivity contribution in [1.82, 2.24) is 26.1 Å². The van der Waals surface area contributed by atoms with Gasteiger partial charge in [-0.15, -0.1) is 0 Å². The third-order valence-electron chi connectivity index (χ3n) is 8.38. The van der Waals surface area contributed by atoms with Crippen LogP contribution in [0.5, 0.6) is 0 Å². The highest BCUT2D eigenvalue weighted by molar-refractivity contribution is 5.92. The van der Waals surface area contributed by atoms with Crippen LogP contribution in [0.1, 0.15) is 71.7 Å². The first-order valence-electron chi connectivity index (χ1n) is 15.5. The molecule has 0 unspecified atom stereocenters. The van der Waals surface area contributed by atoms with Gasteiger partial charge in [0.15, 0.2) is 6.10 Å². The molecule has 2 saturated heterocycles. The highest BCUT2D eigenvalue weighted by Gasteiger charge is 2.47. The summed E-state index contributed by atoms with van der Waals surface area (Å²) in [5, 5.41) is 7.99. The minimum absolute atomic E-state index is 0.118. The predicted molar refractivity (Wildman–Crippen MR) is 166 cm³/mol. The molecule has 4 heterocycles. The molecular weight excluding hydrogens is 578 g/mol. The Morgan fingerprint density at radius 1 is 0.956 bits per heavy atom. The lowest BCUT2D eigenvalue weighted by Gasteiger charge is -2.41. The van der Waals surface area contributed by atoms with Crippen LogP contribution >= 0.6 is 0 Å². The van der Waals surface area contributed by atoms with Gasteiger partial charge in [-0.05, 0) is 70.2 Å². The van der Waals surface area contributed by atoms with Gasteiger partial charge in [0.2, 0.25) is 11.5 Å². The van der Waals surface area contributed by atoms with Crippen LogP contribution in [0, 0.1) is 5.92 Å². The zero-order valence-electron chi connectivity index (χ0n) is 26.7. The fraction of sp³-hybridized carbons (Fsp3) is 0.545. The van der Waals surface area contributed by atoms with Crippen molar-refractivity contribution in [1.29, 1.82) is 0 Å². The Bertz CT molecular complexity index is 1500. The second-order valence-corrected chi connectivity index (χ2v) is 13.1. The molecule has 0 aliphatic carbocycles. The van der Waals surface area contributed by atoms with Crippen LogP contribution in [0.15, 0.2) is 36.4 Å². The van der Waals surface area contributed by atoms with Gasteiger partial charge in [0.25, 0.3) is 11.8 Å². The van der Waals surface area contributed by atoms with Gasteiger partial charge in [0.05, 0.1) is 36.1 Å². The number of ether oxygens (including phenoxy) is 3. The van der Waals surface area contributed by atoms with Gasteiger partial charge >= 0.3 is 5.97 Å². The van der Waals surface area contributed by atoms with E-state index in [-0.39, 0.29) is 19.1 Å². The van der Waals surface area contributed by atoms with Gasteiger partial charge in [0, 0.05) is 11.9 Å². The lowest BCUT2D eigenvalue weighted by atomic mass is 9.98. The zero-order chi connectivity index (χ0) is 32.5. The summed E-state index contributed by atoms with van der Waals surface area (Å²) < 4.78 is 18.0. The third kappa shape index (κ3) is 7.18. The van der Waals surface area contributed by atoms with E-state index in [1.165, 1.54) is 5.01 Å². The first-order chi connectivity index (χ1) is 21.3. The Kier molecular flexibility index (Phi) is 9.29. The van der Waals surface area contributed by atoms with Crippen molar-refractivity contribution in [3.63, 3.8) is 0 Å². The molecule has 3 N–H and O–H groups in total. The molecule has 0 saturated carbocycles. The molecule has 3 amide bonds. The molecule has 5 atom stereocenters. The summed E-state index contributed by atoms with van der Waals surface area (Å²) in [6.07, 6.45) is 3.28. The Labute approximate surface area is 263 Å². The normalized spacial score (nSPS) is 30.6. The molecule has 1 aromatic heterocycles. The maximum atomic E-state index is 13.8. The van der Waals surface area contributed by atoms with E-state index in [1.54, 1.807) is 32.9 Å². The smallest absolute Gasteiger partial charge is 0.345 e. The number of carbonyl (C=O) groups is 4. The lowest BCUT2D eigenvalue weighted by Crippen LogP contribution is -2.61. The number of hydrazine groups is 1. The molecule has 1 aromatic carbocycles. The van der Waals surface area contributed by atoms with Crippen molar-refractivity contribution in [3.8, 4) is 0 Å². The van der Waals surface area contributed by atoms with E-state index in [4.69, 9.17) is 19.2 Å². The van der Waals surface area contributed by atoms with E-state index in [0.717, 1.165) is 10.9 Å². The van der Waals surface area contributed by atoms with E-state index < -0.39 is 59.1 Å². The summed E-state index contributed by atoms with van der Waals surface area (Å²) in [4.78, 5) is 58.7. The molecule has 3 aliphatic rings. The fourth-order valence-corrected chi connectivity index (χ4v) is 5.52. The van der Waals surface area contributed by atoms with Crippen LogP contribution in [-0.2, 0) is 33.4 Å². The van der Waals surface area contributed by atoms with E-state index in [1.807, 2.05) is 51.1 Å². The van der Waals surface area contributed by atoms with Crippen LogP contribution < -0.4 is 16.1 Å². The number of fused-ring (bicyclic) bond motifs is 4. The minimum Gasteiger partial charge on any atom is -0.450 e. The molecule has 5 rings (SSSR count). The number of hydrogen-bond acceptors (Lipinski definition) is 9. The van der Waals surface area contributed by atoms with Crippen LogP contribution in [0.2, 0.25) is 0 Å². The van der Waals surface area contributed by atoms with E-state index in [0.29, 0.717) is 30.6 Å². The molecule has 45 heavy (non-hydrogen) atoms. The monoisotopic (exact) mass is 621 g/mol. The molecule has 242 valence electrons. The summed E-state index contributed by atoms with van der Waals surface area (Å²) in [7, 11) is 0. The quantitative estimate of drug-likeness (QED) is 0.409. The molecule has 1 spiro atoms. The number of amides is 3. The van der Waals surface area contributed by atoms with Crippen molar-refractivity contribution in [3.05, 3.63) is 47.7 Å². The standard InChI is InChI=1S/C33H43N5O7/c1-19(2)27-29(40)35-21(4)30(41)38-15-7-8-25(37-38)28(39)34-20(3)24-12-11-23-10-9-22(16-26(23)36-24)13-14-33(31(42)45-27)18-43-32(5,6)17-44-33/h9-14,16,19-21,25,27,37H,7-8,15,17-18H2,1-6H3,(H,34,39)(H,35,40)/b14-13+/t20-,21+,25+,27+,33-/m1/s1. The van der Waals surface area contributed by atoms with Gasteiger partial charge in [-0.2, -0.15) is 0 Å². The van der Waals surface area contributed by atoms with Crippen molar-refractivity contribution >= 4 is 40.7 Å². The average Bonchev–Trinajstić information content (AvgIpc) is 3.01. The van der Waals surface area contributed by atoms with Crippen LogP contribution in [0.25, 0.3) is 17.0 Å². The van der Waals surface area contributed by atoms with E-state index >= 15 is 0 Å². The van der Waals surface area contributed by atoms with Crippen molar-refractivity contribution in [2.75, 3.05) is 19.8 Å². The Balaban J connectivity index is 1.54. The summed E-state index contributed by atoms with van der Waals surface area (Å²) >= 11 is 0. The Morgan fingerprint density at radius 3 is 2.40 bits per heavy atom. The van der Waals surface area contributed by atoms with E-state index in [2.05, 4.69) is 16.1 Å². The topological polar surface area (TPSA) is 148 Å². The second-order valence-electron chi connectivity index (χ2n) is 13.1. The average molecular weight is 622 g/mol. The Morgan fingerprint density at radius 2 is 1.69 bits per heavy atom. The highest BCUT2D eigenvalue weighted by Crippen LogP contribution is 2.30. The van der Waals surface area contributed by atoms with Crippen LogP contribution in [0.4, 0.5) is 0 Å². The summed E-state index contributed by atoms with van der Waals surface area (Å²) in [6, 6.07) is 7.54. The van der Waals surface area contributed by atoms with Crippen molar-refractivity contribution in [2.45, 2.75) is 89.8 Å². The number of benzene rings is 1. The lowest BCUT2D eigenvalue weighted by molar-refractivity contribution is -0.224. The number of carbonyl (C=O) groups excluding carboxylic acids is 4. The number of esters is 1. The van der Waals surface area contributed by atoms with Crippen molar-refractivity contribution in [2.24, 2.45) is 5.92 Å². The second kappa shape index (κ2) is 12.9. The summed E-state index contributed by atoms with van der Waals surface area (Å²) in [5.41, 5.74) is 2.93. The van der Waals surface area contributed by atoms with Gasteiger partial charge in [-0.25, -0.2) is 10.2 Å². The largest absolute Gasteiger partial charge is 0.450 e. The number of aromatic nitrogens is 1. The first-order valence-corrected chi connectivity index (χ1v) is 15.5. The molecule has 0 radical (unpaired) electrons. The number of nitrogens with one attached hydrogen (secondary N) is 3. The molecular formula is C33H43N5O7.